The van der Waals surface area contributed by atoms with Crippen molar-refractivity contribution in [2.75, 3.05) is 0 Å². The third kappa shape index (κ3) is 52.0. The summed E-state index contributed by atoms with van der Waals surface area (Å²) in [7, 11) is 0. The van der Waals surface area contributed by atoms with Gasteiger partial charge in [0.25, 0.3) is 0 Å². The Kier molecular flexibility index (Phi) is 49.1. The van der Waals surface area contributed by atoms with Gasteiger partial charge in [-0.05, 0) is 25.7 Å². The molecule has 0 saturated carbocycles. The summed E-state index contributed by atoms with van der Waals surface area (Å²) in [5.74, 6) is -1.80. The van der Waals surface area contributed by atoms with Gasteiger partial charge in [-0.15, -0.1) is 0 Å². The van der Waals surface area contributed by atoms with E-state index in [2.05, 4.69) is 13.8 Å². The fourth-order valence-electron chi connectivity index (χ4n) is 5.63. The molecule has 0 spiro atoms. The van der Waals surface area contributed by atoms with E-state index in [4.69, 9.17) is 0 Å². The van der Waals surface area contributed by atoms with Crippen molar-refractivity contribution in [2.24, 2.45) is 0 Å². The van der Waals surface area contributed by atoms with E-state index in [-0.39, 0.29) is 50.6 Å². The molecule has 5 heteroatoms. The molecule has 0 amide bonds. The Labute approximate surface area is 299 Å². The molecule has 0 radical (unpaired) electrons. The Hall–Kier alpha value is 0.200. The average Bonchev–Trinajstić information content (AvgIpc) is 2.97. The van der Waals surface area contributed by atoms with Crippen LogP contribution in [0, 0.1) is 0 Å². The molecule has 0 aromatic carbocycles. The number of rotatable bonds is 34. The van der Waals surface area contributed by atoms with Crippen LogP contribution < -0.4 is 10.2 Å². The first-order valence-corrected chi connectivity index (χ1v) is 18.9. The van der Waals surface area contributed by atoms with Gasteiger partial charge in [-0.1, -0.05) is 206 Å². The minimum Gasteiger partial charge on any atom is -0.550 e. The van der Waals surface area contributed by atoms with Crippen LogP contribution in [0.3, 0.4) is 0 Å². The van der Waals surface area contributed by atoms with Crippen molar-refractivity contribution in [1.29, 1.82) is 0 Å². The molecule has 0 aliphatic heterocycles. The molecule has 0 unspecified atom stereocenters. The van der Waals surface area contributed by atoms with Gasteiger partial charge in [-0.3, -0.25) is 0 Å². The molecule has 0 N–H and O–H groups in total. The molecule has 43 heavy (non-hydrogen) atoms. The number of carbonyl (C=O) groups is 2. The van der Waals surface area contributed by atoms with E-state index >= 15 is 0 Å². The van der Waals surface area contributed by atoms with Crippen molar-refractivity contribution in [1.82, 2.24) is 0 Å². The van der Waals surface area contributed by atoms with E-state index in [1.807, 2.05) is 0 Å². The van der Waals surface area contributed by atoms with Gasteiger partial charge in [0.1, 0.15) is 0 Å². The SMILES string of the molecule is CCCCCCCCCCCCCCCCCCC(=O)[O-].CCCCCCCCCCCCCCCCCCC(=O)[O-].[Ca+2]. The van der Waals surface area contributed by atoms with Gasteiger partial charge in [-0.25, -0.2) is 0 Å². The Balaban J connectivity index is -0.000000727. The van der Waals surface area contributed by atoms with Crippen molar-refractivity contribution in [3.63, 3.8) is 0 Å². The molecule has 0 aliphatic rings. The number of carboxylic acid groups (broad SMARTS) is 2. The Morgan fingerprint density at radius 2 is 0.442 bits per heavy atom. The van der Waals surface area contributed by atoms with Crippen LogP contribution in [0.2, 0.25) is 0 Å². The average molecular weight is 635 g/mol. The maximum atomic E-state index is 10.2. The quantitative estimate of drug-likeness (QED) is 0.0521. The van der Waals surface area contributed by atoms with Crippen LogP contribution in [0.5, 0.6) is 0 Å². The first kappa shape index (κ1) is 47.6. The summed E-state index contributed by atoms with van der Waals surface area (Å²) in [5.41, 5.74) is 0. The molecule has 0 fully saturated rings. The van der Waals surface area contributed by atoms with Crippen LogP contribution in [0.15, 0.2) is 0 Å². The van der Waals surface area contributed by atoms with Gasteiger partial charge in [-0.2, -0.15) is 0 Å². The predicted octanol–water partition coefficient (Wildman–Crippen LogP) is 10.4. The second-order valence-electron chi connectivity index (χ2n) is 12.9. The number of hydrogen-bond donors (Lipinski definition) is 0. The van der Waals surface area contributed by atoms with Gasteiger partial charge >= 0.3 is 37.7 Å². The normalized spacial score (nSPS) is 10.7. The van der Waals surface area contributed by atoms with Crippen molar-refractivity contribution in [3.8, 4) is 0 Å². The first-order valence-electron chi connectivity index (χ1n) is 18.9. The molecule has 0 rings (SSSR count). The van der Waals surface area contributed by atoms with E-state index in [9.17, 15) is 19.8 Å². The first-order chi connectivity index (χ1) is 20.5. The molecule has 252 valence electrons. The number of unbranched alkanes of at least 4 members (excludes halogenated alkanes) is 30. The summed E-state index contributed by atoms with van der Waals surface area (Å²) < 4.78 is 0. The summed E-state index contributed by atoms with van der Waals surface area (Å²) in [4.78, 5) is 20.5. The maximum Gasteiger partial charge on any atom is 2.00 e. The minimum absolute atomic E-state index is 0. The van der Waals surface area contributed by atoms with Crippen LogP contribution >= 0.6 is 0 Å². The van der Waals surface area contributed by atoms with Gasteiger partial charge in [0.2, 0.25) is 0 Å². The zero-order valence-electron chi connectivity index (χ0n) is 29.4. The molecular weight excluding hydrogens is 560 g/mol. The third-order valence-corrected chi connectivity index (χ3v) is 8.47. The predicted molar refractivity (Wildman–Crippen MR) is 184 cm³/mol. The molecule has 0 bridgehead atoms. The molecular formula is C38H74CaO4. The van der Waals surface area contributed by atoms with Gasteiger partial charge in [0.05, 0.1) is 0 Å². The van der Waals surface area contributed by atoms with Crippen LogP contribution in [0.25, 0.3) is 0 Å². The van der Waals surface area contributed by atoms with Crippen molar-refractivity contribution in [2.45, 2.75) is 232 Å². The van der Waals surface area contributed by atoms with Crippen LogP contribution in [0.4, 0.5) is 0 Å². The number of carboxylic acids is 2. The third-order valence-electron chi connectivity index (χ3n) is 8.47. The van der Waals surface area contributed by atoms with Crippen LogP contribution in [-0.4, -0.2) is 49.7 Å². The van der Waals surface area contributed by atoms with E-state index in [0.29, 0.717) is 0 Å². The van der Waals surface area contributed by atoms with Crippen molar-refractivity contribution in [3.05, 3.63) is 0 Å². The molecule has 0 aromatic heterocycles. The second-order valence-corrected chi connectivity index (χ2v) is 12.9. The fraction of sp³-hybridized carbons (Fsp3) is 0.947. The van der Waals surface area contributed by atoms with Gasteiger partial charge in [0.15, 0.2) is 0 Å². The largest absolute Gasteiger partial charge is 2.00 e. The van der Waals surface area contributed by atoms with Crippen molar-refractivity contribution < 1.29 is 19.8 Å². The van der Waals surface area contributed by atoms with E-state index in [1.54, 1.807) is 0 Å². The Bertz CT molecular complexity index is 480. The van der Waals surface area contributed by atoms with Crippen molar-refractivity contribution >= 4 is 49.7 Å². The number of carbonyl (C=O) groups excluding carboxylic acids is 2. The molecule has 0 heterocycles. The van der Waals surface area contributed by atoms with Crippen LogP contribution in [0.1, 0.15) is 232 Å². The molecule has 0 saturated heterocycles. The van der Waals surface area contributed by atoms with E-state index in [1.165, 1.54) is 180 Å². The second kappa shape index (κ2) is 44.3. The monoisotopic (exact) mass is 635 g/mol. The molecule has 4 nitrogen and oxygen atoms in total. The van der Waals surface area contributed by atoms with Gasteiger partial charge in [0, 0.05) is 11.9 Å². The zero-order chi connectivity index (χ0) is 31.2. The summed E-state index contributed by atoms with van der Waals surface area (Å²) >= 11 is 0. The fourth-order valence-corrected chi connectivity index (χ4v) is 5.63. The standard InChI is InChI=1S/2C19H38O2.Ca/c2*1-2-3-4-5-6-7-8-9-10-11-12-13-14-15-16-17-18-19(20)21;/h2*2-18H2,1H3,(H,20,21);/q;;+2/p-2. The Morgan fingerprint density at radius 1 is 0.302 bits per heavy atom. The van der Waals surface area contributed by atoms with Crippen LogP contribution in [-0.2, 0) is 9.59 Å². The molecule has 0 atom stereocenters. The number of hydrogen-bond acceptors (Lipinski definition) is 4. The van der Waals surface area contributed by atoms with E-state index in [0.717, 1.165) is 25.7 Å². The summed E-state index contributed by atoms with van der Waals surface area (Å²) in [6, 6.07) is 0. The van der Waals surface area contributed by atoms with Gasteiger partial charge < -0.3 is 19.8 Å². The summed E-state index contributed by atoms with van der Waals surface area (Å²) in [6.45, 7) is 4.54. The smallest absolute Gasteiger partial charge is 0.550 e. The minimum atomic E-state index is -0.902. The Morgan fingerprint density at radius 3 is 0.581 bits per heavy atom. The maximum absolute atomic E-state index is 10.2. The summed E-state index contributed by atoms with van der Waals surface area (Å²) in [5, 5.41) is 20.5. The molecule has 0 aromatic rings. The number of aliphatic carboxylic acids is 2. The molecule has 0 aliphatic carbocycles. The van der Waals surface area contributed by atoms with E-state index < -0.39 is 11.9 Å². The topological polar surface area (TPSA) is 80.3 Å². The zero-order valence-corrected chi connectivity index (χ0v) is 31.6. The summed E-state index contributed by atoms with van der Waals surface area (Å²) in [6.07, 6.45) is 42.7.